The Hall–Kier alpha value is -2.49. The molecule has 0 bridgehead atoms. The Morgan fingerprint density at radius 2 is 2.16 bits per heavy atom. The van der Waals surface area contributed by atoms with Crippen molar-refractivity contribution in [3.05, 3.63) is 53.9 Å². The maximum Gasteiger partial charge on any atom is 0.221 e. The topological polar surface area (TPSA) is 54.4 Å². The van der Waals surface area contributed by atoms with Crippen molar-refractivity contribution in [1.29, 1.82) is 0 Å². The summed E-state index contributed by atoms with van der Waals surface area (Å²) >= 11 is 0. The number of anilines is 1. The van der Waals surface area contributed by atoms with Crippen molar-refractivity contribution in [3.8, 4) is 0 Å². The predicted molar refractivity (Wildman–Crippen MR) is 77.0 cm³/mol. The van der Waals surface area contributed by atoms with Crippen LogP contribution in [0.2, 0.25) is 0 Å². The van der Waals surface area contributed by atoms with Crippen LogP contribution in [-0.2, 0) is 4.79 Å². The average molecular weight is 253 g/mol. The first-order valence-electron chi connectivity index (χ1n) is 5.98. The number of rotatable bonds is 3. The molecule has 2 rings (SSSR count). The Kier molecular flexibility index (Phi) is 4.03. The van der Waals surface area contributed by atoms with Crippen LogP contribution in [-0.4, -0.2) is 17.1 Å². The molecule has 0 aliphatic carbocycles. The van der Waals surface area contributed by atoms with Crippen molar-refractivity contribution in [2.75, 3.05) is 5.32 Å². The average Bonchev–Trinajstić information content (AvgIpc) is 2.40. The number of nitrogens with one attached hydrogen (secondary N) is 1. The van der Waals surface area contributed by atoms with E-state index in [2.05, 4.69) is 15.3 Å². The molecule has 0 spiro atoms. The van der Waals surface area contributed by atoms with E-state index in [4.69, 9.17) is 0 Å². The van der Waals surface area contributed by atoms with Gasteiger partial charge in [0, 0.05) is 18.8 Å². The summed E-state index contributed by atoms with van der Waals surface area (Å²) < 4.78 is 0. The maximum atomic E-state index is 11.0. The van der Waals surface area contributed by atoms with Gasteiger partial charge in [0.15, 0.2) is 0 Å². The van der Waals surface area contributed by atoms with Crippen molar-refractivity contribution >= 4 is 23.5 Å². The van der Waals surface area contributed by atoms with Crippen LogP contribution in [0.1, 0.15) is 18.2 Å². The fourth-order valence-corrected chi connectivity index (χ4v) is 1.62. The number of aliphatic imine (C=N–C) groups is 1. The van der Waals surface area contributed by atoms with Crippen LogP contribution in [0.5, 0.6) is 0 Å². The van der Waals surface area contributed by atoms with Crippen molar-refractivity contribution in [2.24, 2.45) is 4.99 Å². The van der Waals surface area contributed by atoms with Gasteiger partial charge >= 0.3 is 0 Å². The molecule has 1 aromatic heterocycles. The lowest BCUT2D eigenvalue weighted by Gasteiger charge is -2.05. The van der Waals surface area contributed by atoms with Gasteiger partial charge in [0.25, 0.3) is 0 Å². The van der Waals surface area contributed by atoms with Crippen LogP contribution in [0.15, 0.2) is 47.6 Å². The van der Waals surface area contributed by atoms with E-state index >= 15 is 0 Å². The molecule has 0 saturated carbocycles. The number of pyridine rings is 1. The highest BCUT2D eigenvalue weighted by atomic mass is 16.1. The third-order valence-corrected chi connectivity index (χ3v) is 2.55. The zero-order chi connectivity index (χ0) is 13.7. The summed E-state index contributed by atoms with van der Waals surface area (Å²) in [5, 5.41) is 2.74. The molecule has 0 fully saturated rings. The first-order chi connectivity index (χ1) is 9.15. The molecule has 1 N–H and O–H groups in total. The third-order valence-electron chi connectivity index (χ3n) is 2.55. The molecule has 0 saturated heterocycles. The van der Waals surface area contributed by atoms with Gasteiger partial charge in [-0.15, -0.1) is 0 Å². The summed E-state index contributed by atoms with van der Waals surface area (Å²) in [5.41, 5.74) is 3.40. The third kappa shape index (κ3) is 3.74. The Bertz CT molecular complexity index is 606. The van der Waals surface area contributed by atoms with Gasteiger partial charge in [-0.25, -0.2) is 0 Å². The number of hydrogen-bond acceptors (Lipinski definition) is 3. The molecule has 96 valence electrons. The molecule has 0 aliphatic rings. The number of benzene rings is 1. The zero-order valence-corrected chi connectivity index (χ0v) is 10.9. The highest BCUT2D eigenvalue weighted by Gasteiger charge is 2.00. The molecule has 1 aromatic carbocycles. The van der Waals surface area contributed by atoms with E-state index in [1.54, 1.807) is 12.4 Å². The smallest absolute Gasteiger partial charge is 0.221 e. The number of carbonyl (C=O) groups is 1. The predicted octanol–water partition coefficient (Wildman–Crippen LogP) is 3.10. The highest BCUT2D eigenvalue weighted by molar-refractivity contribution is 5.89. The van der Waals surface area contributed by atoms with Gasteiger partial charge < -0.3 is 5.32 Å². The van der Waals surface area contributed by atoms with E-state index in [-0.39, 0.29) is 5.91 Å². The summed E-state index contributed by atoms with van der Waals surface area (Å²) in [6.07, 6.45) is 3.43. The van der Waals surface area contributed by atoms with Crippen LogP contribution in [0.3, 0.4) is 0 Å². The standard InChI is InChI=1S/C15H15N3O/c1-11-6-7-13(18-12(2)19)9-15(11)17-10-14-5-3-4-8-16-14/h3-10H,1-2H3,(H,18,19). The van der Waals surface area contributed by atoms with Crippen molar-refractivity contribution in [2.45, 2.75) is 13.8 Å². The van der Waals surface area contributed by atoms with Crippen LogP contribution < -0.4 is 5.32 Å². The van der Waals surface area contributed by atoms with Gasteiger partial charge in [0.2, 0.25) is 5.91 Å². The van der Waals surface area contributed by atoms with Crippen LogP contribution in [0, 0.1) is 6.92 Å². The van der Waals surface area contributed by atoms with Crippen LogP contribution in [0.4, 0.5) is 11.4 Å². The fourth-order valence-electron chi connectivity index (χ4n) is 1.62. The summed E-state index contributed by atoms with van der Waals surface area (Å²) in [4.78, 5) is 19.6. The second kappa shape index (κ2) is 5.91. The molecule has 4 nitrogen and oxygen atoms in total. The van der Waals surface area contributed by atoms with Gasteiger partial charge in [-0.05, 0) is 36.8 Å². The molecule has 0 aliphatic heterocycles. The van der Waals surface area contributed by atoms with Crippen LogP contribution >= 0.6 is 0 Å². The molecule has 4 heteroatoms. The van der Waals surface area contributed by atoms with Crippen molar-refractivity contribution in [1.82, 2.24) is 4.98 Å². The van der Waals surface area contributed by atoms with E-state index in [0.29, 0.717) is 0 Å². The summed E-state index contributed by atoms with van der Waals surface area (Å²) in [5.74, 6) is -0.0940. The lowest BCUT2D eigenvalue weighted by atomic mass is 10.2. The SMILES string of the molecule is CC(=O)Nc1ccc(C)c(N=Cc2ccccn2)c1. The molecule has 2 aromatic rings. The lowest BCUT2D eigenvalue weighted by Crippen LogP contribution is -2.05. The zero-order valence-electron chi connectivity index (χ0n) is 10.9. The first kappa shape index (κ1) is 13.0. The van der Waals surface area contributed by atoms with Crippen LogP contribution in [0.25, 0.3) is 0 Å². The Morgan fingerprint density at radius 3 is 2.84 bits per heavy atom. The maximum absolute atomic E-state index is 11.0. The van der Waals surface area contributed by atoms with Gasteiger partial charge in [0.05, 0.1) is 17.6 Å². The minimum absolute atomic E-state index is 0.0940. The van der Waals surface area contributed by atoms with Crippen molar-refractivity contribution in [3.63, 3.8) is 0 Å². The molecule has 0 radical (unpaired) electrons. The normalized spacial score (nSPS) is 10.6. The Morgan fingerprint density at radius 1 is 1.32 bits per heavy atom. The van der Waals surface area contributed by atoms with Gasteiger partial charge in [0.1, 0.15) is 0 Å². The minimum atomic E-state index is -0.0940. The minimum Gasteiger partial charge on any atom is -0.326 e. The van der Waals surface area contributed by atoms with E-state index in [1.165, 1.54) is 6.92 Å². The molecule has 1 amide bonds. The van der Waals surface area contributed by atoms with Gasteiger partial charge in [-0.1, -0.05) is 12.1 Å². The highest BCUT2D eigenvalue weighted by Crippen LogP contribution is 2.23. The molecule has 1 heterocycles. The number of carbonyl (C=O) groups excluding carboxylic acids is 1. The lowest BCUT2D eigenvalue weighted by molar-refractivity contribution is -0.114. The second-order valence-corrected chi connectivity index (χ2v) is 4.20. The number of nitrogens with zero attached hydrogens (tertiary/aromatic N) is 2. The number of amides is 1. The summed E-state index contributed by atoms with van der Waals surface area (Å²) in [7, 11) is 0. The van der Waals surface area contributed by atoms with Crippen molar-refractivity contribution < 1.29 is 4.79 Å². The largest absolute Gasteiger partial charge is 0.326 e. The Balaban J connectivity index is 2.24. The van der Waals surface area contributed by atoms with E-state index < -0.39 is 0 Å². The van der Waals surface area contributed by atoms with Gasteiger partial charge in [-0.2, -0.15) is 0 Å². The molecule has 0 unspecified atom stereocenters. The Labute approximate surface area is 112 Å². The van der Waals surface area contributed by atoms with E-state index in [1.807, 2.05) is 43.3 Å². The van der Waals surface area contributed by atoms with E-state index in [0.717, 1.165) is 22.6 Å². The molecule has 19 heavy (non-hydrogen) atoms. The van der Waals surface area contributed by atoms with E-state index in [9.17, 15) is 4.79 Å². The number of aryl methyl sites for hydroxylation is 1. The quantitative estimate of drug-likeness (QED) is 0.854. The number of hydrogen-bond donors (Lipinski definition) is 1. The summed E-state index contributed by atoms with van der Waals surface area (Å²) in [6, 6.07) is 11.3. The fraction of sp³-hybridized carbons (Fsp3) is 0.133. The first-order valence-corrected chi connectivity index (χ1v) is 5.98. The second-order valence-electron chi connectivity index (χ2n) is 4.20. The molecule has 0 atom stereocenters. The number of aromatic nitrogens is 1. The molecular weight excluding hydrogens is 238 g/mol. The summed E-state index contributed by atoms with van der Waals surface area (Å²) in [6.45, 7) is 3.46. The monoisotopic (exact) mass is 253 g/mol. The van der Waals surface area contributed by atoms with Gasteiger partial charge in [-0.3, -0.25) is 14.8 Å². The molecular formula is C15H15N3O.